The number of alkyl halides is 3. The van der Waals surface area contributed by atoms with Crippen molar-refractivity contribution in [2.45, 2.75) is 57.8 Å². The van der Waals surface area contributed by atoms with Gasteiger partial charge in [-0.05, 0) is 38.7 Å². The summed E-state index contributed by atoms with van der Waals surface area (Å²) in [5.74, 6) is -1.14. The molecular weight excluding hydrogens is 263 g/mol. The van der Waals surface area contributed by atoms with Crippen LogP contribution in [0, 0.1) is 12.8 Å². The van der Waals surface area contributed by atoms with E-state index in [1.54, 1.807) is 0 Å². The summed E-state index contributed by atoms with van der Waals surface area (Å²) in [7, 11) is 0. The topological polar surface area (TPSA) is 12.0 Å². The quantitative estimate of drug-likeness (QED) is 0.843. The molecule has 0 heterocycles. The van der Waals surface area contributed by atoms with Crippen LogP contribution in [0.2, 0.25) is 0 Å². The highest BCUT2D eigenvalue weighted by molar-refractivity contribution is 5.23. The zero-order valence-corrected chi connectivity index (χ0v) is 12.0. The van der Waals surface area contributed by atoms with Gasteiger partial charge in [-0.2, -0.15) is 13.2 Å². The van der Waals surface area contributed by atoms with E-state index in [-0.39, 0.29) is 24.9 Å². The largest absolute Gasteiger partial charge is 0.391 e. The van der Waals surface area contributed by atoms with Gasteiger partial charge in [0.15, 0.2) is 0 Å². The van der Waals surface area contributed by atoms with Gasteiger partial charge >= 0.3 is 6.18 Å². The third kappa shape index (κ3) is 3.98. The Morgan fingerprint density at radius 2 is 1.80 bits per heavy atom. The van der Waals surface area contributed by atoms with Crippen LogP contribution in [0.5, 0.6) is 0 Å². The first-order valence-corrected chi connectivity index (χ1v) is 7.25. The van der Waals surface area contributed by atoms with Gasteiger partial charge in [-0.25, -0.2) is 0 Å². The van der Waals surface area contributed by atoms with Crippen molar-refractivity contribution in [1.82, 2.24) is 5.32 Å². The molecule has 1 fully saturated rings. The van der Waals surface area contributed by atoms with E-state index in [4.69, 9.17) is 0 Å². The maximum absolute atomic E-state index is 12.8. The van der Waals surface area contributed by atoms with Crippen LogP contribution in [-0.4, -0.2) is 12.2 Å². The lowest BCUT2D eigenvalue weighted by molar-refractivity contribution is -0.183. The van der Waals surface area contributed by atoms with Crippen molar-refractivity contribution in [3.8, 4) is 0 Å². The molecule has 1 aromatic rings. The van der Waals surface area contributed by atoms with Crippen molar-refractivity contribution >= 4 is 0 Å². The summed E-state index contributed by atoms with van der Waals surface area (Å²) in [5.41, 5.74) is 2.32. The third-order valence-electron chi connectivity index (χ3n) is 4.20. The monoisotopic (exact) mass is 285 g/mol. The molecular formula is C16H22F3N. The van der Waals surface area contributed by atoms with Gasteiger partial charge in [0.25, 0.3) is 0 Å². The Morgan fingerprint density at radius 3 is 2.40 bits per heavy atom. The summed E-state index contributed by atoms with van der Waals surface area (Å²) in [6.45, 7) is 4.04. The average Bonchev–Trinajstić information content (AvgIpc) is 2.38. The Labute approximate surface area is 118 Å². The minimum atomic E-state index is -4.05. The lowest BCUT2D eigenvalue weighted by Gasteiger charge is -2.33. The second-order valence-electron chi connectivity index (χ2n) is 5.90. The van der Waals surface area contributed by atoms with E-state index >= 15 is 0 Å². The second kappa shape index (κ2) is 6.17. The molecule has 1 aliphatic rings. The molecule has 0 radical (unpaired) electrons. The minimum absolute atomic E-state index is 0.0355. The van der Waals surface area contributed by atoms with E-state index in [2.05, 4.69) is 5.32 Å². The number of benzene rings is 1. The molecule has 0 aliphatic heterocycles. The molecule has 0 bridgehead atoms. The van der Waals surface area contributed by atoms with Crippen LogP contribution in [0.25, 0.3) is 0 Å². The van der Waals surface area contributed by atoms with Gasteiger partial charge in [0.05, 0.1) is 5.92 Å². The summed E-state index contributed by atoms with van der Waals surface area (Å²) in [5, 5.41) is 3.36. The van der Waals surface area contributed by atoms with Crippen LogP contribution < -0.4 is 5.32 Å². The second-order valence-corrected chi connectivity index (χ2v) is 5.90. The molecule has 0 aromatic heterocycles. The number of halogens is 3. The van der Waals surface area contributed by atoms with E-state index in [1.165, 1.54) is 5.56 Å². The summed E-state index contributed by atoms with van der Waals surface area (Å²) >= 11 is 0. The van der Waals surface area contributed by atoms with Gasteiger partial charge in [0.1, 0.15) is 0 Å². The maximum atomic E-state index is 12.8. The van der Waals surface area contributed by atoms with Gasteiger partial charge in [-0.1, -0.05) is 36.2 Å². The predicted molar refractivity (Wildman–Crippen MR) is 74.5 cm³/mol. The molecule has 3 atom stereocenters. The molecule has 1 aliphatic carbocycles. The van der Waals surface area contributed by atoms with E-state index in [1.807, 2.05) is 38.1 Å². The first-order chi connectivity index (χ1) is 9.36. The molecule has 0 spiro atoms. The van der Waals surface area contributed by atoms with Crippen molar-refractivity contribution in [3.05, 3.63) is 35.4 Å². The summed E-state index contributed by atoms with van der Waals surface area (Å²) in [6.07, 6.45) is -2.07. The fourth-order valence-corrected chi connectivity index (χ4v) is 2.94. The number of aryl methyl sites for hydroxylation is 1. The van der Waals surface area contributed by atoms with Crippen molar-refractivity contribution < 1.29 is 13.2 Å². The fraction of sp³-hybridized carbons (Fsp3) is 0.625. The number of hydrogen-bond acceptors (Lipinski definition) is 1. The molecule has 112 valence electrons. The van der Waals surface area contributed by atoms with E-state index in [9.17, 15) is 13.2 Å². The molecule has 4 heteroatoms. The lowest BCUT2D eigenvalue weighted by atomic mass is 9.84. The summed E-state index contributed by atoms with van der Waals surface area (Å²) in [6, 6.07) is 8.20. The highest BCUT2D eigenvalue weighted by atomic mass is 19.4. The summed E-state index contributed by atoms with van der Waals surface area (Å²) in [4.78, 5) is 0. The van der Waals surface area contributed by atoms with Gasteiger partial charge in [0.2, 0.25) is 0 Å². The highest BCUT2D eigenvalue weighted by Crippen LogP contribution is 2.38. The molecule has 1 aromatic carbocycles. The van der Waals surface area contributed by atoms with Gasteiger partial charge < -0.3 is 5.32 Å². The molecule has 20 heavy (non-hydrogen) atoms. The molecule has 1 saturated carbocycles. The van der Waals surface area contributed by atoms with Gasteiger partial charge in [-0.15, -0.1) is 0 Å². The number of nitrogens with one attached hydrogen (secondary N) is 1. The van der Waals surface area contributed by atoms with E-state index in [0.29, 0.717) is 6.42 Å². The van der Waals surface area contributed by atoms with Crippen molar-refractivity contribution in [2.75, 3.05) is 0 Å². The van der Waals surface area contributed by atoms with Gasteiger partial charge in [-0.3, -0.25) is 0 Å². The van der Waals surface area contributed by atoms with E-state index in [0.717, 1.165) is 12.0 Å². The Morgan fingerprint density at radius 1 is 1.15 bits per heavy atom. The molecule has 0 saturated heterocycles. The van der Waals surface area contributed by atoms with Crippen LogP contribution in [0.1, 0.15) is 49.8 Å². The van der Waals surface area contributed by atoms with Crippen molar-refractivity contribution in [1.29, 1.82) is 0 Å². The van der Waals surface area contributed by atoms with Crippen LogP contribution in [-0.2, 0) is 0 Å². The Bertz CT molecular complexity index is 424. The zero-order chi connectivity index (χ0) is 14.8. The lowest BCUT2D eigenvalue weighted by Crippen LogP contribution is -2.39. The SMILES string of the molecule is Cc1ccc(C(C)NC2CCCC(C(F)(F)F)C2)cc1. The van der Waals surface area contributed by atoms with Gasteiger partial charge in [0, 0.05) is 12.1 Å². The van der Waals surface area contributed by atoms with Crippen LogP contribution >= 0.6 is 0 Å². The van der Waals surface area contributed by atoms with Crippen LogP contribution in [0.3, 0.4) is 0 Å². The fourth-order valence-electron chi connectivity index (χ4n) is 2.94. The standard InChI is InChI=1S/C16H22F3N/c1-11-6-8-13(9-7-11)12(2)20-15-5-3-4-14(10-15)16(17,18)19/h6-9,12,14-15,20H,3-5,10H2,1-2H3. The van der Waals surface area contributed by atoms with Crippen molar-refractivity contribution in [3.63, 3.8) is 0 Å². The molecule has 2 rings (SSSR count). The molecule has 1 nitrogen and oxygen atoms in total. The first-order valence-electron chi connectivity index (χ1n) is 7.25. The Kier molecular flexibility index (Phi) is 4.74. The minimum Gasteiger partial charge on any atom is -0.307 e. The summed E-state index contributed by atoms with van der Waals surface area (Å²) < 4.78 is 38.4. The highest BCUT2D eigenvalue weighted by Gasteiger charge is 2.42. The first kappa shape index (κ1) is 15.4. The zero-order valence-electron chi connectivity index (χ0n) is 12.0. The Hall–Kier alpha value is -1.03. The Balaban J connectivity index is 1.94. The molecule has 3 unspecified atom stereocenters. The molecule has 1 N–H and O–H groups in total. The maximum Gasteiger partial charge on any atom is 0.391 e. The number of rotatable bonds is 3. The average molecular weight is 285 g/mol. The smallest absolute Gasteiger partial charge is 0.307 e. The van der Waals surface area contributed by atoms with Crippen LogP contribution in [0.4, 0.5) is 13.2 Å². The predicted octanol–water partition coefficient (Wildman–Crippen LogP) is 4.77. The van der Waals surface area contributed by atoms with Crippen molar-refractivity contribution in [2.24, 2.45) is 5.92 Å². The van der Waals surface area contributed by atoms with E-state index < -0.39 is 12.1 Å². The van der Waals surface area contributed by atoms with Crippen LogP contribution in [0.15, 0.2) is 24.3 Å². The normalized spacial score (nSPS) is 25.4. The number of hydrogen-bond donors (Lipinski definition) is 1. The molecule has 0 amide bonds. The third-order valence-corrected chi connectivity index (χ3v) is 4.20.